The molecule has 0 aromatic heterocycles. The number of carbonyl (C=O) groups is 1. The lowest BCUT2D eigenvalue weighted by atomic mass is 10.0. The van der Waals surface area contributed by atoms with E-state index >= 15 is 0 Å². The Morgan fingerprint density at radius 3 is 3.00 bits per heavy atom. The smallest absolute Gasteiger partial charge is 0.166 e. The van der Waals surface area contributed by atoms with Crippen LogP contribution in [0.1, 0.15) is 16.8 Å². The molecule has 0 bridgehead atoms. The van der Waals surface area contributed by atoms with E-state index < -0.39 is 0 Å². The highest BCUT2D eigenvalue weighted by atomic mass is 35.5. The minimum absolute atomic E-state index is 0.0134. The van der Waals surface area contributed by atoms with Crippen LogP contribution < -0.4 is 5.32 Å². The van der Waals surface area contributed by atoms with Crippen molar-refractivity contribution in [3.63, 3.8) is 0 Å². The Morgan fingerprint density at radius 1 is 1.47 bits per heavy atom. The minimum Gasteiger partial charge on any atom is -0.378 e. The van der Waals surface area contributed by atoms with Crippen LogP contribution >= 0.6 is 23.2 Å². The molecule has 17 heavy (non-hydrogen) atoms. The van der Waals surface area contributed by atoms with Gasteiger partial charge in [0, 0.05) is 24.6 Å². The molecule has 1 unspecified atom stereocenters. The molecule has 2 rings (SSSR count). The van der Waals surface area contributed by atoms with Gasteiger partial charge >= 0.3 is 0 Å². The predicted octanol–water partition coefficient (Wildman–Crippen LogP) is 2.55. The number of morpholine rings is 1. The van der Waals surface area contributed by atoms with Crippen LogP contribution in [-0.4, -0.2) is 31.6 Å². The van der Waals surface area contributed by atoms with Crippen molar-refractivity contribution in [2.45, 2.75) is 12.5 Å². The summed E-state index contributed by atoms with van der Waals surface area (Å²) in [6, 6.07) is 5.15. The van der Waals surface area contributed by atoms with Crippen LogP contribution in [0.4, 0.5) is 0 Å². The number of nitrogens with one attached hydrogen (secondary N) is 1. The van der Waals surface area contributed by atoms with Crippen molar-refractivity contribution < 1.29 is 9.53 Å². The van der Waals surface area contributed by atoms with Crippen LogP contribution in [0.2, 0.25) is 10.0 Å². The molecule has 1 saturated heterocycles. The average molecular weight is 274 g/mol. The predicted molar refractivity (Wildman–Crippen MR) is 68.0 cm³/mol. The summed E-state index contributed by atoms with van der Waals surface area (Å²) >= 11 is 11.9. The molecule has 1 aromatic carbocycles. The van der Waals surface area contributed by atoms with E-state index in [1.165, 1.54) is 0 Å². The lowest BCUT2D eigenvalue weighted by Crippen LogP contribution is -2.42. The largest absolute Gasteiger partial charge is 0.378 e. The summed E-state index contributed by atoms with van der Waals surface area (Å²) in [5.74, 6) is -0.0134. The van der Waals surface area contributed by atoms with Gasteiger partial charge in [0.25, 0.3) is 0 Å². The molecule has 0 spiro atoms. The maximum Gasteiger partial charge on any atom is 0.166 e. The third-order valence-corrected chi connectivity index (χ3v) is 3.50. The van der Waals surface area contributed by atoms with Crippen molar-refractivity contribution in [1.29, 1.82) is 0 Å². The zero-order chi connectivity index (χ0) is 12.3. The fraction of sp³-hybridized carbons (Fsp3) is 0.417. The van der Waals surface area contributed by atoms with Crippen molar-refractivity contribution >= 4 is 29.0 Å². The molecule has 1 aromatic rings. The average Bonchev–Trinajstić information content (AvgIpc) is 2.34. The highest BCUT2D eigenvalue weighted by Crippen LogP contribution is 2.26. The fourth-order valence-electron chi connectivity index (χ4n) is 1.80. The lowest BCUT2D eigenvalue weighted by molar-refractivity contribution is 0.0676. The number of halogens is 2. The Hall–Kier alpha value is -0.610. The van der Waals surface area contributed by atoms with Gasteiger partial charge in [-0.05, 0) is 12.1 Å². The first-order chi connectivity index (χ1) is 8.18. The van der Waals surface area contributed by atoms with Gasteiger partial charge in [0.15, 0.2) is 5.78 Å². The molecule has 92 valence electrons. The van der Waals surface area contributed by atoms with Gasteiger partial charge in [-0.25, -0.2) is 0 Å². The van der Waals surface area contributed by atoms with Crippen LogP contribution in [0, 0.1) is 0 Å². The molecule has 0 radical (unpaired) electrons. The quantitative estimate of drug-likeness (QED) is 0.861. The summed E-state index contributed by atoms with van der Waals surface area (Å²) < 4.78 is 5.30. The highest BCUT2D eigenvalue weighted by molar-refractivity contribution is 6.43. The van der Waals surface area contributed by atoms with E-state index in [1.807, 2.05) is 0 Å². The van der Waals surface area contributed by atoms with E-state index in [1.54, 1.807) is 18.2 Å². The summed E-state index contributed by atoms with van der Waals surface area (Å²) in [6.45, 7) is 2.04. The van der Waals surface area contributed by atoms with Gasteiger partial charge in [-0.15, -0.1) is 0 Å². The Labute approximate surface area is 110 Å². The zero-order valence-electron chi connectivity index (χ0n) is 9.21. The van der Waals surface area contributed by atoms with E-state index in [9.17, 15) is 4.79 Å². The second kappa shape index (κ2) is 5.83. The Balaban J connectivity index is 2.06. The van der Waals surface area contributed by atoms with Crippen LogP contribution in [0.3, 0.4) is 0 Å². The summed E-state index contributed by atoms with van der Waals surface area (Å²) in [6.07, 6.45) is 0.375. The van der Waals surface area contributed by atoms with Crippen molar-refractivity contribution in [3.05, 3.63) is 33.8 Å². The standard InChI is InChI=1S/C12H13Cl2NO2/c13-10-3-1-2-9(12(10)14)11(16)6-8-7-17-5-4-15-8/h1-3,8,15H,4-7H2. The SMILES string of the molecule is O=C(CC1COCCN1)c1cccc(Cl)c1Cl. The van der Waals surface area contributed by atoms with Gasteiger partial charge in [0.1, 0.15) is 0 Å². The number of rotatable bonds is 3. The second-order valence-corrected chi connectivity index (χ2v) is 4.74. The number of benzene rings is 1. The van der Waals surface area contributed by atoms with Crippen molar-refractivity contribution in [2.75, 3.05) is 19.8 Å². The summed E-state index contributed by atoms with van der Waals surface area (Å²) in [7, 11) is 0. The molecular weight excluding hydrogens is 261 g/mol. The number of Topliss-reactive ketones (excluding diaryl/α,β-unsaturated/α-hetero) is 1. The molecule has 1 N–H and O–H groups in total. The van der Waals surface area contributed by atoms with Gasteiger partial charge in [0.2, 0.25) is 0 Å². The van der Waals surface area contributed by atoms with Gasteiger partial charge in [-0.3, -0.25) is 4.79 Å². The summed E-state index contributed by atoms with van der Waals surface area (Å²) in [5, 5.41) is 3.97. The van der Waals surface area contributed by atoms with Crippen LogP contribution in [0.15, 0.2) is 18.2 Å². The third-order valence-electron chi connectivity index (χ3n) is 2.68. The first-order valence-corrected chi connectivity index (χ1v) is 6.22. The van der Waals surface area contributed by atoms with E-state index in [2.05, 4.69) is 5.32 Å². The molecule has 1 heterocycles. The number of carbonyl (C=O) groups excluding carboxylic acids is 1. The van der Waals surface area contributed by atoms with Gasteiger partial charge in [0.05, 0.1) is 23.3 Å². The Kier molecular flexibility index (Phi) is 4.40. The Bertz CT molecular complexity index is 417. The fourth-order valence-corrected chi connectivity index (χ4v) is 2.21. The van der Waals surface area contributed by atoms with Crippen molar-refractivity contribution in [3.8, 4) is 0 Å². The second-order valence-electron chi connectivity index (χ2n) is 3.95. The molecule has 1 atom stereocenters. The van der Waals surface area contributed by atoms with E-state index in [4.69, 9.17) is 27.9 Å². The first kappa shape index (κ1) is 12.8. The molecule has 5 heteroatoms. The van der Waals surface area contributed by atoms with Crippen LogP contribution in [0.25, 0.3) is 0 Å². The number of ether oxygens (including phenoxy) is 1. The number of ketones is 1. The minimum atomic E-state index is -0.0134. The molecule has 1 fully saturated rings. The molecule has 1 aliphatic heterocycles. The van der Waals surface area contributed by atoms with Crippen LogP contribution in [-0.2, 0) is 4.74 Å². The van der Waals surface area contributed by atoms with E-state index in [-0.39, 0.29) is 11.8 Å². The van der Waals surface area contributed by atoms with Gasteiger partial charge in [-0.2, -0.15) is 0 Å². The number of hydrogen-bond donors (Lipinski definition) is 1. The monoisotopic (exact) mass is 273 g/mol. The molecule has 1 aliphatic rings. The maximum atomic E-state index is 12.0. The molecule has 0 amide bonds. The third kappa shape index (κ3) is 3.19. The lowest BCUT2D eigenvalue weighted by Gasteiger charge is -2.23. The topological polar surface area (TPSA) is 38.3 Å². The van der Waals surface area contributed by atoms with E-state index in [0.29, 0.717) is 35.2 Å². The van der Waals surface area contributed by atoms with E-state index in [0.717, 1.165) is 6.54 Å². The summed E-state index contributed by atoms with van der Waals surface area (Å²) in [5.41, 5.74) is 0.478. The first-order valence-electron chi connectivity index (χ1n) is 5.47. The number of hydrogen-bond acceptors (Lipinski definition) is 3. The van der Waals surface area contributed by atoms with Crippen molar-refractivity contribution in [2.24, 2.45) is 0 Å². The molecule has 0 saturated carbocycles. The van der Waals surface area contributed by atoms with Crippen LogP contribution in [0.5, 0.6) is 0 Å². The summed E-state index contributed by atoms with van der Waals surface area (Å²) in [4.78, 5) is 12.0. The maximum absolute atomic E-state index is 12.0. The molecule has 3 nitrogen and oxygen atoms in total. The molecular formula is C12H13Cl2NO2. The molecule has 0 aliphatic carbocycles. The highest BCUT2D eigenvalue weighted by Gasteiger charge is 2.20. The Morgan fingerprint density at radius 2 is 2.29 bits per heavy atom. The van der Waals surface area contributed by atoms with Gasteiger partial charge in [-0.1, -0.05) is 29.3 Å². The van der Waals surface area contributed by atoms with Crippen molar-refractivity contribution in [1.82, 2.24) is 5.32 Å². The van der Waals surface area contributed by atoms with Gasteiger partial charge < -0.3 is 10.1 Å². The zero-order valence-corrected chi connectivity index (χ0v) is 10.7. The normalized spacial score (nSPS) is 20.2.